The van der Waals surface area contributed by atoms with Gasteiger partial charge in [-0.3, -0.25) is 9.69 Å². The molecular weight excluding hydrogens is 268 g/mol. The van der Waals surface area contributed by atoms with Crippen LogP contribution in [0.25, 0.3) is 10.9 Å². The molecule has 1 saturated heterocycles. The van der Waals surface area contributed by atoms with Gasteiger partial charge in [-0.1, -0.05) is 18.2 Å². The van der Waals surface area contributed by atoms with E-state index in [0.717, 1.165) is 11.2 Å². The fourth-order valence-electron chi connectivity index (χ4n) is 3.35. The largest absolute Gasteiger partial charge is 0.481 e. The average Bonchev–Trinajstić information content (AvgIpc) is 2.78. The molecule has 0 amide bonds. The van der Waals surface area contributed by atoms with Gasteiger partial charge in [0, 0.05) is 24.8 Å². The number of hydrogen-bond acceptors (Lipinski definition) is 3. The highest BCUT2D eigenvalue weighted by Crippen LogP contribution is 2.35. The van der Waals surface area contributed by atoms with Crippen molar-refractivity contribution in [2.24, 2.45) is 13.0 Å². The van der Waals surface area contributed by atoms with Crippen LogP contribution in [0, 0.1) is 5.92 Å². The van der Waals surface area contributed by atoms with Crippen LogP contribution in [0.3, 0.4) is 0 Å². The summed E-state index contributed by atoms with van der Waals surface area (Å²) in [7, 11) is 3.94. The minimum atomic E-state index is -0.926. The zero-order chi connectivity index (χ0) is 15.1. The lowest BCUT2D eigenvalue weighted by Gasteiger charge is -2.38. The topological polar surface area (TPSA) is 65.7 Å². The maximum atomic E-state index is 11.2. The van der Waals surface area contributed by atoms with E-state index in [1.54, 1.807) is 0 Å². The van der Waals surface area contributed by atoms with E-state index in [2.05, 4.69) is 22.8 Å². The van der Waals surface area contributed by atoms with Gasteiger partial charge in [0.1, 0.15) is 0 Å². The van der Waals surface area contributed by atoms with Gasteiger partial charge in [0.15, 0.2) is 0 Å². The van der Waals surface area contributed by atoms with Crippen molar-refractivity contribution in [3.63, 3.8) is 0 Å². The second-order valence-corrected chi connectivity index (χ2v) is 5.89. The van der Waals surface area contributed by atoms with Gasteiger partial charge in [-0.25, -0.2) is 0 Å². The van der Waals surface area contributed by atoms with Crippen molar-refractivity contribution in [2.75, 3.05) is 13.6 Å². The summed E-state index contributed by atoms with van der Waals surface area (Å²) >= 11 is 0. The number of carbonyl (C=O) groups is 1. The van der Waals surface area contributed by atoms with Gasteiger partial charge in [-0.05, 0) is 31.0 Å². The number of para-hydroxylation sites is 1. The van der Waals surface area contributed by atoms with Crippen LogP contribution in [0.4, 0.5) is 0 Å². The summed E-state index contributed by atoms with van der Waals surface area (Å²) < 4.78 is 2.13. The molecule has 3 rings (SSSR count). The highest BCUT2D eigenvalue weighted by molar-refractivity contribution is 5.81. The number of likely N-dealkylation sites (tertiary alicyclic amines) is 1. The third-order valence-electron chi connectivity index (χ3n) is 4.59. The van der Waals surface area contributed by atoms with Gasteiger partial charge in [0.25, 0.3) is 0 Å². The lowest BCUT2D eigenvalue weighted by molar-refractivity contribution is -0.150. The molecule has 1 fully saturated rings. The molecule has 112 valence electrons. The minimum Gasteiger partial charge on any atom is -0.481 e. The number of aryl methyl sites for hydroxylation is 1. The van der Waals surface area contributed by atoms with E-state index in [9.17, 15) is 9.90 Å². The second kappa shape index (κ2) is 5.16. The summed E-state index contributed by atoms with van der Waals surface area (Å²) in [6, 6.07) is 10.3. The molecule has 0 bridgehead atoms. The Morgan fingerprint density at radius 1 is 1.29 bits per heavy atom. The number of nitrogens with zero attached hydrogens (tertiary/aromatic N) is 2. The smallest absolute Gasteiger partial charge is 0.310 e. The Bertz CT molecular complexity index is 679. The number of carboxylic acid groups (broad SMARTS) is 1. The number of fused-ring (bicyclic) bond motifs is 1. The van der Waals surface area contributed by atoms with Crippen molar-refractivity contribution in [1.82, 2.24) is 9.47 Å². The summed E-state index contributed by atoms with van der Waals surface area (Å²) in [6.45, 7) is 0.364. The van der Waals surface area contributed by atoms with Crippen LogP contribution in [0.2, 0.25) is 0 Å². The maximum Gasteiger partial charge on any atom is 0.310 e. The molecule has 1 aliphatic heterocycles. The van der Waals surface area contributed by atoms with Gasteiger partial charge in [-0.2, -0.15) is 0 Å². The van der Waals surface area contributed by atoms with Gasteiger partial charge in [-0.15, -0.1) is 0 Å². The Morgan fingerprint density at radius 2 is 2.00 bits per heavy atom. The third-order valence-corrected chi connectivity index (χ3v) is 4.59. The molecule has 0 radical (unpaired) electrons. The van der Waals surface area contributed by atoms with Crippen molar-refractivity contribution in [3.05, 3.63) is 36.0 Å². The van der Waals surface area contributed by atoms with Crippen LogP contribution in [-0.2, 0) is 11.8 Å². The molecule has 1 aliphatic rings. The lowest BCUT2D eigenvalue weighted by atomic mass is 9.89. The van der Waals surface area contributed by atoms with Crippen molar-refractivity contribution < 1.29 is 15.0 Å². The molecule has 2 heterocycles. The summed E-state index contributed by atoms with van der Waals surface area (Å²) in [5.74, 6) is -1.63. The Labute approximate surface area is 123 Å². The van der Waals surface area contributed by atoms with Crippen molar-refractivity contribution in [3.8, 4) is 0 Å². The number of carboxylic acids is 1. The van der Waals surface area contributed by atoms with Gasteiger partial charge in [0.05, 0.1) is 18.1 Å². The summed E-state index contributed by atoms with van der Waals surface area (Å²) in [4.78, 5) is 13.2. The van der Waals surface area contributed by atoms with Gasteiger partial charge in [0.2, 0.25) is 0 Å². The van der Waals surface area contributed by atoms with Crippen LogP contribution in [-0.4, -0.2) is 45.3 Å². The first-order valence-corrected chi connectivity index (χ1v) is 7.14. The highest BCUT2D eigenvalue weighted by atomic mass is 16.4. The molecule has 2 aromatic rings. The predicted molar refractivity (Wildman–Crippen MR) is 80.0 cm³/mol. The summed E-state index contributed by atoms with van der Waals surface area (Å²) in [5, 5.41) is 20.5. The number of aromatic nitrogens is 1. The van der Waals surface area contributed by atoms with E-state index in [-0.39, 0.29) is 6.04 Å². The molecular formula is C16H20N2O3. The van der Waals surface area contributed by atoms with Crippen LogP contribution in [0.5, 0.6) is 0 Å². The molecule has 0 aliphatic carbocycles. The maximum absolute atomic E-state index is 11.2. The van der Waals surface area contributed by atoms with E-state index in [1.165, 1.54) is 5.39 Å². The molecule has 2 N–H and O–H groups in total. The Morgan fingerprint density at radius 3 is 2.67 bits per heavy atom. The number of rotatable bonds is 2. The highest BCUT2D eigenvalue weighted by Gasteiger charge is 2.38. The molecule has 21 heavy (non-hydrogen) atoms. The Kier molecular flexibility index (Phi) is 3.47. The molecule has 0 spiro atoms. The summed E-state index contributed by atoms with van der Waals surface area (Å²) in [5.41, 5.74) is 2.26. The number of aliphatic carboxylic acids is 1. The van der Waals surface area contributed by atoms with E-state index in [4.69, 9.17) is 5.11 Å². The normalized spacial score (nSPS) is 27.1. The van der Waals surface area contributed by atoms with Crippen molar-refractivity contribution >= 4 is 16.9 Å². The molecule has 3 unspecified atom stereocenters. The molecule has 0 saturated carbocycles. The molecule has 1 aromatic heterocycles. The lowest BCUT2D eigenvalue weighted by Crippen LogP contribution is -2.46. The van der Waals surface area contributed by atoms with Crippen molar-refractivity contribution in [1.29, 1.82) is 0 Å². The standard InChI is InChI=1S/C16H20N2O3/c1-17-9-11(16(20)21)15(19)8-13(17)14-7-10-5-3-4-6-12(10)18(14)2/h3-7,11,13,15,19H,8-9H2,1-2H3,(H,20,21). The van der Waals surface area contributed by atoms with Crippen molar-refractivity contribution in [2.45, 2.75) is 18.6 Å². The van der Waals surface area contributed by atoms with E-state index in [1.807, 2.05) is 31.1 Å². The van der Waals surface area contributed by atoms with Crippen LogP contribution in [0.1, 0.15) is 18.2 Å². The monoisotopic (exact) mass is 288 g/mol. The minimum absolute atomic E-state index is 0.0352. The predicted octanol–water partition coefficient (Wildman–Crippen LogP) is 1.62. The number of benzene rings is 1. The quantitative estimate of drug-likeness (QED) is 0.881. The van der Waals surface area contributed by atoms with E-state index < -0.39 is 18.0 Å². The molecule has 5 nitrogen and oxygen atoms in total. The van der Waals surface area contributed by atoms with Gasteiger partial charge < -0.3 is 14.8 Å². The van der Waals surface area contributed by atoms with Crippen LogP contribution in [0.15, 0.2) is 30.3 Å². The van der Waals surface area contributed by atoms with E-state index in [0.29, 0.717) is 13.0 Å². The number of aliphatic hydroxyl groups is 1. The number of aliphatic hydroxyl groups excluding tert-OH is 1. The van der Waals surface area contributed by atoms with Crippen LogP contribution >= 0.6 is 0 Å². The molecule has 5 heteroatoms. The first kappa shape index (κ1) is 14.1. The first-order chi connectivity index (χ1) is 9.99. The fraction of sp³-hybridized carbons (Fsp3) is 0.438. The SMILES string of the molecule is CN1CC(C(=O)O)C(O)CC1c1cc2ccccc2n1C. The Balaban J connectivity index is 1.96. The number of hydrogen-bond donors (Lipinski definition) is 2. The zero-order valence-corrected chi connectivity index (χ0v) is 12.2. The first-order valence-electron chi connectivity index (χ1n) is 7.14. The fourth-order valence-corrected chi connectivity index (χ4v) is 3.35. The second-order valence-electron chi connectivity index (χ2n) is 5.89. The third kappa shape index (κ3) is 2.32. The Hall–Kier alpha value is -1.85. The van der Waals surface area contributed by atoms with Gasteiger partial charge >= 0.3 is 5.97 Å². The average molecular weight is 288 g/mol. The molecule has 1 aromatic carbocycles. The zero-order valence-electron chi connectivity index (χ0n) is 12.2. The molecule has 3 atom stereocenters. The van der Waals surface area contributed by atoms with E-state index >= 15 is 0 Å². The number of piperidine rings is 1. The summed E-state index contributed by atoms with van der Waals surface area (Å²) in [6.07, 6.45) is -0.362. The van der Waals surface area contributed by atoms with Crippen LogP contribution < -0.4 is 0 Å².